The molecule has 2 aliphatic rings. The fourth-order valence-electron chi connectivity index (χ4n) is 4.03. The van der Waals surface area contributed by atoms with Crippen molar-refractivity contribution in [1.29, 1.82) is 0 Å². The summed E-state index contributed by atoms with van der Waals surface area (Å²) >= 11 is 0. The molecule has 0 unspecified atom stereocenters. The summed E-state index contributed by atoms with van der Waals surface area (Å²) in [6.45, 7) is 2.23. The number of aromatic nitrogens is 3. The maximum atomic E-state index is 12.7. The molecule has 2 aromatic heterocycles. The third-order valence-electron chi connectivity index (χ3n) is 5.50. The first-order valence-corrected chi connectivity index (χ1v) is 8.89. The first-order chi connectivity index (χ1) is 11.2. The van der Waals surface area contributed by atoms with Gasteiger partial charge in [0.1, 0.15) is 5.56 Å². The van der Waals surface area contributed by atoms with Crippen molar-refractivity contribution >= 4 is 11.6 Å². The van der Waals surface area contributed by atoms with E-state index in [1.54, 1.807) is 6.20 Å². The number of hydrogen-bond acceptors (Lipinski definition) is 3. The largest absolute Gasteiger partial charge is 0.349 e. The summed E-state index contributed by atoms with van der Waals surface area (Å²) in [5, 5.41) is 7.67. The first kappa shape index (κ1) is 14.7. The third-order valence-corrected chi connectivity index (χ3v) is 5.50. The van der Waals surface area contributed by atoms with Gasteiger partial charge in [-0.25, -0.2) is 9.50 Å². The van der Waals surface area contributed by atoms with E-state index in [-0.39, 0.29) is 11.9 Å². The van der Waals surface area contributed by atoms with Crippen LogP contribution < -0.4 is 5.32 Å². The maximum absolute atomic E-state index is 12.7. The first-order valence-electron chi connectivity index (χ1n) is 8.89. The normalized spacial score (nSPS) is 24.4. The van der Waals surface area contributed by atoms with E-state index in [2.05, 4.69) is 22.3 Å². The molecule has 2 atom stereocenters. The number of carbonyl (C=O) groups is 1. The Bertz CT molecular complexity index is 736. The summed E-state index contributed by atoms with van der Waals surface area (Å²) in [5.74, 6) is 0.525. The number of fused-ring (bicyclic) bond motifs is 3. The summed E-state index contributed by atoms with van der Waals surface area (Å²) in [6.07, 6.45) is 12.9. The van der Waals surface area contributed by atoms with E-state index < -0.39 is 0 Å². The molecule has 0 radical (unpaired) electrons. The topological polar surface area (TPSA) is 59.3 Å². The molecule has 0 bridgehead atoms. The predicted molar refractivity (Wildman–Crippen MR) is 88.5 cm³/mol. The highest BCUT2D eigenvalue weighted by molar-refractivity contribution is 5.99. The van der Waals surface area contributed by atoms with E-state index in [0.29, 0.717) is 17.1 Å². The number of nitrogens with one attached hydrogen (secondary N) is 1. The Morgan fingerprint density at radius 1 is 1.17 bits per heavy atom. The van der Waals surface area contributed by atoms with Crippen molar-refractivity contribution in [3.63, 3.8) is 0 Å². The maximum Gasteiger partial charge on any atom is 0.256 e. The van der Waals surface area contributed by atoms with Crippen LogP contribution in [-0.4, -0.2) is 26.5 Å². The molecule has 122 valence electrons. The highest BCUT2D eigenvalue weighted by atomic mass is 16.1. The lowest BCUT2D eigenvalue weighted by Gasteiger charge is -2.29. The average molecular weight is 312 g/mol. The Morgan fingerprint density at radius 2 is 2.00 bits per heavy atom. The number of rotatable bonds is 2. The lowest BCUT2D eigenvalue weighted by atomic mass is 9.86. The van der Waals surface area contributed by atoms with Crippen LogP contribution in [0.15, 0.2) is 12.4 Å². The Morgan fingerprint density at radius 3 is 2.87 bits per heavy atom. The zero-order chi connectivity index (χ0) is 15.8. The molecule has 0 aromatic carbocycles. The summed E-state index contributed by atoms with van der Waals surface area (Å²) in [7, 11) is 0. The molecule has 2 heterocycles. The summed E-state index contributed by atoms with van der Waals surface area (Å²) in [4.78, 5) is 17.2. The van der Waals surface area contributed by atoms with Gasteiger partial charge in [-0.2, -0.15) is 5.10 Å². The second-order valence-corrected chi connectivity index (χ2v) is 7.07. The second kappa shape index (κ2) is 5.95. The molecule has 1 saturated carbocycles. The molecule has 5 heteroatoms. The third kappa shape index (κ3) is 2.62. The van der Waals surface area contributed by atoms with Gasteiger partial charge in [-0.1, -0.05) is 19.8 Å². The van der Waals surface area contributed by atoms with Gasteiger partial charge in [-0.3, -0.25) is 4.79 Å². The van der Waals surface area contributed by atoms with E-state index in [4.69, 9.17) is 0 Å². The predicted octanol–water partition coefficient (Wildman–Crippen LogP) is 2.92. The fraction of sp³-hybridized carbons (Fsp3) is 0.611. The molecule has 0 aliphatic heterocycles. The molecule has 5 nitrogen and oxygen atoms in total. The highest BCUT2D eigenvalue weighted by Gasteiger charge is 2.25. The van der Waals surface area contributed by atoms with Crippen molar-refractivity contribution in [2.24, 2.45) is 5.92 Å². The monoisotopic (exact) mass is 312 g/mol. The summed E-state index contributed by atoms with van der Waals surface area (Å²) < 4.78 is 1.88. The molecule has 2 aliphatic carbocycles. The van der Waals surface area contributed by atoms with Gasteiger partial charge >= 0.3 is 0 Å². The van der Waals surface area contributed by atoms with Gasteiger partial charge in [-0.05, 0) is 50.0 Å². The standard InChI is InChI=1S/C18H24N4O/c1-12-6-2-4-8-15(12)21-18(23)14-11-20-22-16-9-5-3-7-13(16)10-19-17(14)22/h10-12,15H,2-9H2,1H3,(H,21,23)/t12-,15+/m1/s1. The fourth-order valence-corrected chi connectivity index (χ4v) is 4.03. The van der Waals surface area contributed by atoms with Crippen LogP contribution in [0, 0.1) is 5.92 Å². The van der Waals surface area contributed by atoms with Gasteiger partial charge in [0.25, 0.3) is 5.91 Å². The zero-order valence-corrected chi connectivity index (χ0v) is 13.7. The minimum Gasteiger partial charge on any atom is -0.349 e. The van der Waals surface area contributed by atoms with Gasteiger partial charge in [0.2, 0.25) is 0 Å². The van der Waals surface area contributed by atoms with E-state index in [1.807, 2.05) is 10.7 Å². The van der Waals surface area contributed by atoms with E-state index in [0.717, 1.165) is 19.3 Å². The average Bonchev–Trinajstić information content (AvgIpc) is 3.01. The van der Waals surface area contributed by atoms with E-state index in [9.17, 15) is 4.79 Å². The quantitative estimate of drug-likeness (QED) is 0.927. The lowest BCUT2D eigenvalue weighted by molar-refractivity contribution is 0.0912. The molecule has 4 rings (SSSR count). The molecule has 1 fully saturated rings. The highest BCUT2D eigenvalue weighted by Crippen LogP contribution is 2.25. The molecule has 0 saturated heterocycles. The van der Waals surface area contributed by atoms with Crippen LogP contribution in [0.1, 0.15) is 67.1 Å². The summed E-state index contributed by atoms with van der Waals surface area (Å²) in [6, 6.07) is 0.281. The van der Waals surface area contributed by atoms with Gasteiger partial charge in [0, 0.05) is 17.9 Å². The number of carbonyl (C=O) groups excluding carboxylic acids is 1. The Hall–Kier alpha value is -1.91. The lowest BCUT2D eigenvalue weighted by Crippen LogP contribution is -2.41. The van der Waals surface area contributed by atoms with Crippen molar-refractivity contribution in [2.45, 2.75) is 64.3 Å². The van der Waals surface area contributed by atoms with Crippen LogP contribution in [0.5, 0.6) is 0 Å². The zero-order valence-electron chi connectivity index (χ0n) is 13.7. The number of aryl methyl sites for hydroxylation is 2. The van der Waals surface area contributed by atoms with E-state index >= 15 is 0 Å². The van der Waals surface area contributed by atoms with Crippen molar-refractivity contribution in [3.05, 3.63) is 29.2 Å². The number of hydrogen-bond donors (Lipinski definition) is 1. The van der Waals surface area contributed by atoms with Crippen LogP contribution in [0.3, 0.4) is 0 Å². The molecular formula is C18H24N4O. The van der Waals surface area contributed by atoms with Crippen LogP contribution >= 0.6 is 0 Å². The van der Waals surface area contributed by atoms with Gasteiger partial charge in [-0.15, -0.1) is 0 Å². The van der Waals surface area contributed by atoms with Gasteiger partial charge in [0.15, 0.2) is 5.65 Å². The second-order valence-electron chi connectivity index (χ2n) is 7.07. The van der Waals surface area contributed by atoms with Crippen molar-refractivity contribution in [1.82, 2.24) is 19.9 Å². The SMILES string of the molecule is C[C@@H]1CCCC[C@@H]1NC(=O)c1cnn2c3c(cnc12)CCCC3. The molecule has 0 spiro atoms. The van der Waals surface area contributed by atoms with Crippen molar-refractivity contribution in [3.8, 4) is 0 Å². The van der Waals surface area contributed by atoms with Crippen LogP contribution in [0.4, 0.5) is 0 Å². The van der Waals surface area contributed by atoms with Crippen LogP contribution in [0.2, 0.25) is 0 Å². The molecule has 1 N–H and O–H groups in total. The van der Waals surface area contributed by atoms with Crippen LogP contribution in [0.25, 0.3) is 5.65 Å². The molecule has 1 amide bonds. The van der Waals surface area contributed by atoms with Crippen molar-refractivity contribution < 1.29 is 4.79 Å². The Balaban J connectivity index is 1.62. The molecular weight excluding hydrogens is 288 g/mol. The van der Waals surface area contributed by atoms with Crippen LogP contribution in [-0.2, 0) is 12.8 Å². The van der Waals surface area contributed by atoms with E-state index in [1.165, 1.54) is 43.4 Å². The summed E-state index contributed by atoms with van der Waals surface area (Å²) in [5.41, 5.74) is 3.81. The van der Waals surface area contributed by atoms with Crippen molar-refractivity contribution in [2.75, 3.05) is 0 Å². The Labute approximate surface area is 136 Å². The number of nitrogens with zero attached hydrogens (tertiary/aromatic N) is 3. The minimum atomic E-state index is -0.0259. The smallest absolute Gasteiger partial charge is 0.256 e. The van der Waals surface area contributed by atoms with Gasteiger partial charge < -0.3 is 5.32 Å². The Kier molecular flexibility index (Phi) is 3.79. The number of amides is 1. The van der Waals surface area contributed by atoms with Gasteiger partial charge in [0.05, 0.1) is 6.20 Å². The minimum absolute atomic E-state index is 0.0259. The molecule has 2 aromatic rings. The molecule has 23 heavy (non-hydrogen) atoms.